The number of rotatable bonds is 4. The van der Waals surface area contributed by atoms with E-state index in [2.05, 4.69) is 23.7 Å². The van der Waals surface area contributed by atoms with Gasteiger partial charge in [0.15, 0.2) is 0 Å². The molecule has 0 bridgehead atoms. The van der Waals surface area contributed by atoms with Crippen LogP contribution in [0.15, 0.2) is 18.3 Å². The average molecular weight is 291 g/mol. The second-order valence-electron chi connectivity index (χ2n) is 5.86. The normalized spacial score (nSPS) is 21.3. The number of β-amino-alcohol motifs (C(OH)–C–C–N with tert-alkyl or cyclic N) is 1. The van der Waals surface area contributed by atoms with Gasteiger partial charge in [0.05, 0.1) is 6.10 Å². The minimum Gasteiger partial charge on any atom is -0.392 e. The standard InChI is InChI=1S/C16H25N3O2/c1-4-14-5-6-17-15(9-14)16(21)19-8-7-18(10-12(19)2)11-13(3)20/h5-6,9,12-13,20H,4,7-8,10-11H2,1-3H3/t12-,13+/m1/s1. The fraction of sp³-hybridized carbons (Fsp3) is 0.625. The second kappa shape index (κ2) is 7.00. The Hall–Kier alpha value is -1.46. The molecule has 0 saturated carbocycles. The SMILES string of the molecule is CCc1ccnc(C(=O)N2CCN(C[C@H](C)O)C[C@H]2C)c1. The maximum absolute atomic E-state index is 12.6. The summed E-state index contributed by atoms with van der Waals surface area (Å²) < 4.78 is 0. The molecule has 1 aromatic rings. The van der Waals surface area contributed by atoms with E-state index in [1.54, 1.807) is 13.1 Å². The molecule has 0 aliphatic carbocycles. The number of aryl methyl sites for hydroxylation is 1. The highest BCUT2D eigenvalue weighted by molar-refractivity contribution is 5.92. The van der Waals surface area contributed by atoms with E-state index in [9.17, 15) is 9.90 Å². The van der Waals surface area contributed by atoms with Gasteiger partial charge in [0.2, 0.25) is 0 Å². The molecule has 1 aliphatic rings. The Balaban J connectivity index is 2.03. The molecule has 0 radical (unpaired) electrons. The zero-order valence-corrected chi connectivity index (χ0v) is 13.1. The lowest BCUT2D eigenvalue weighted by atomic mass is 10.1. The van der Waals surface area contributed by atoms with Crippen LogP contribution in [0.25, 0.3) is 0 Å². The third kappa shape index (κ3) is 4.02. The molecule has 0 aromatic carbocycles. The van der Waals surface area contributed by atoms with Gasteiger partial charge in [-0.2, -0.15) is 0 Å². The van der Waals surface area contributed by atoms with Crippen LogP contribution < -0.4 is 0 Å². The fourth-order valence-electron chi connectivity index (χ4n) is 2.83. The van der Waals surface area contributed by atoms with Crippen molar-refractivity contribution < 1.29 is 9.90 Å². The van der Waals surface area contributed by atoms with E-state index in [1.165, 1.54) is 0 Å². The zero-order valence-electron chi connectivity index (χ0n) is 13.1. The second-order valence-corrected chi connectivity index (χ2v) is 5.86. The molecule has 5 heteroatoms. The van der Waals surface area contributed by atoms with E-state index < -0.39 is 0 Å². The van der Waals surface area contributed by atoms with E-state index in [4.69, 9.17) is 0 Å². The molecule has 1 fully saturated rings. The molecular formula is C16H25N3O2. The van der Waals surface area contributed by atoms with Crippen LogP contribution in [0.3, 0.4) is 0 Å². The number of hydrogen-bond acceptors (Lipinski definition) is 4. The highest BCUT2D eigenvalue weighted by Gasteiger charge is 2.29. The predicted octanol–water partition coefficient (Wildman–Crippen LogP) is 1.17. The third-order valence-electron chi connectivity index (χ3n) is 3.95. The maximum Gasteiger partial charge on any atom is 0.272 e. The fourth-order valence-corrected chi connectivity index (χ4v) is 2.83. The number of pyridine rings is 1. The van der Waals surface area contributed by atoms with Crippen LogP contribution in [-0.2, 0) is 6.42 Å². The lowest BCUT2D eigenvalue weighted by molar-refractivity contribution is 0.0378. The molecule has 2 heterocycles. The van der Waals surface area contributed by atoms with Crippen molar-refractivity contribution in [2.45, 2.75) is 39.3 Å². The first-order valence-corrected chi connectivity index (χ1v) is 7.67. The molecular weight excluding hydrogens is 266 g/mol. The van der Waals surface area contributed by atoms with Crippen molar-refractivity contribution in [1.82, 2.24) is 14.8 Å². The molecule has 1 aliphatic heterocycles. The van der Waals surface area contributed by atoms with Crippen LogP contribution in [-0.4, -0.2) is 64.1 Å². The van der Waals surface area contributed by atoms with Crippen LogP contribution in [0, 0.1) is 0 Å². The molecule has 21 heavy (non-hydrogen) atoms. The van der Waals surface area contributed by atoms with Crippen LogP contribution in [0.1, 0.15) is 36.8 Å². The van der Waals surface area contributed by atoms with Crippen LogP contribution in [0.2, 0.25) is 0 Å². The summed E-state index contributed by atoms with van der Waals surface area (Å²) in [6, 6.07) is 3.97. The minimum absolute atomic E-state index is 0.00879. The quantitative estimate of drug-likeness (QED) is 0.905. The Morgan fingerprint density at radius 1 is 1.52 bits per heavy atom. The van der Waals surface area contributed by atoms with E-state index in [1.807, 2.05) is 17.0 Å². The first kappa shape index (κ1) is 15.9. The summed E-state index contributed by atoms with van der Waals surface area (Å²) >= 11 is 0. The number of hydrogen-bond donors (Lipinski definition) is 1. The van der Waals surface area contributed by atoms with E-state index >= 15 is 0 Å². The average Bonchev–Trinajstić information content (AvgIpc) is 2.46. The number of aliphatic hydroxyl groups is 1. The number of nitrogens with zero attached hydrogens (tertiary/aromatic N) is 3. The number of aromatic nitrogens is 1. The van der Waals surface area contributed by atoms with Crippen molar-refractivity contribution in [3.8, 4) is 0 Å². The Morgan fingerprint density at radius 2 is 2.29 bits per heavy atom. The molecule has 0 unspecified atom stereocenters. The van der Waals surface area contributed by atoms with Crippen molar-refractivity contribution in [3.05, 3.63) is 29.6 Å². The van der Waals surface area contributed by atoms with Gasteiger partial charge in [-0.15, -0.1) is 0 Å². The molecule has 2 rings (SSSR count). The number of aliphatic hydroxyl groups excluding tert-OH is 1. The van der Waals surface area contributed by atoms with Gasteiger partial charge in [-0.25, -0.2) is 0 Å². The van der Waals surface area contributed by atoms with Gasteiger partial charge in [0.1, 0.15) is 5.69 Å². The molecule has 0 spiro atoms. The van der Waals surface area contributed by atoms with E-state index in [0.717, 1.165) is 25.1 Å². The molecule has 1 amide bonds. The Morgan fingerprint density at radius 3 is 2.90 bits per heavy atom. The highest BCUT2D eigenvalue weighted by atomic mass is 16.3. The summed E-state index contributed by atoms with van der Waals surface area (Å²) in [4.78, 5) is 20.9. The van der Waals surface area contributed by atoms with E-state index in [-0.39, 0.29) is 18.1 Å². The minimum atomic E-state index is -0.331. The molecule has 5 nitrogen and oxygen atoms in total. The lowest BCUT2D eigenvalue weighted by Gasteiger charge is -2.40. The van der Waals surface area contributed by atoms with Crippen molar-refractivity contribution >= 4 is 5.91 Å². The van der Waals surface area contributed by atoms with Crippen LogP contribution in [0.4, 0.5) is 0 Å². The number of piperazine rings is 1. The Labute approximate surface area is 126 Å². The molecule has 1 aromatic heterocycles. The topological polar surface area (TPSA) is 56.7 Å². The summed E-state index contributed by atoms with van der Waals surface area (Å²) in [5, 5.41) is 9.47. The summed E-state index contributed by atoms with van der Waals surface area (Å²) in [5.41, 5.74) is 1.67. The van der Waals surface area contributed by atoms with E-state index in [0.29, 0.717) is 18.8 Å². The van der Waals surface area contributed by atoms with Gasteiger partial charge in [-0.05, 0) is 38.0 Å². The third-order valence-corrected chi connectivity index (χ3v) is 3.95. The van der Waals surface area contributed by atoms with Gasteiger partial charge >= 0.3 is 0 Å². The first-order chi connectivity index (χ1) is 10.0. The van der Waals surface area contributed by atoms with Crippen molar-refractivity contribution in [2.24, 2.45) is 0 Å². The van der Waals surface area contributed by atoms with Crippen molar-refractivity contribution in [3.63, 3.8) is 0 Å². The van der Waals surface area contributed by atoms with Crippen LogP contribution >= 0.6 is 0 Å². The maximum atomic E-state index is 12.6. The van der Waals surface area contributed by atoms with Crippen molar-refractivity contribution in [1.29, 1.82) is 0 Å². The molecule has 116 valence electrons. The summed E-state index contributed by atoms with van der Waals surface area (Å²) in [6.07, 6.45) is 2.28. The van der Waals surface area contributed by atoms with Gasteiger partial charge < -0.3 is 10.0 Å². The number of carbonyl (C=O) groups is 1. The van der Waals surface area contributed by atoms with Crippen LogP contribution in [0.5, 0.6) is 0 Å². The Kier molecular flexibility index (Phi) is 5.31. The smallest absolute Gasteiger partial charge is 0.272 e. The summed E-state index contributed by atoms with van der Waals surface area (Å²) in [6.45, 7) is 8.86. The van der Waals surface area contributed by atoms with Gasteiger partial charge in [0, 0.05) is 38.4 Å². The number of amides is 1. The zero-order chi connectivity index (χ0) is 15.4. The lowest BCUT2D eigenvalue weighted by Crippen LogP contribution is -2.55. The van der Waals surface area contributed by atoms with Crippen molar-refractivity contribution in [2.75, 3.05) is 26.2 Å². The largest absolute Gasteiger partial charge is 0.392 e. The summed E-state index contributed by atoms with van der Waals surface area (Å²) in [5.74, 6) is 0.00879. The number of carbonyl (C=O) groups excluding carboxylic acids is 1. The molecule has 2 atom stereocenters. The Bertz CT molecular complexity index is 490. The summed E-state index contributed by atoms with van der Waals surface area (Å²) in [7, 11) is 0. The monoisotopic (exact) mass is 291 g/mol. The van der Waals surface area contributed by atoms with Gasteiger partial charge in [0.25, 0.3) is 5.91 Å². The molecule has 1 saturated heterocycles. The highest BCUT2D eigenvalue weighted by Crippen LogP contribution is 2.14. The molecule has 1 N–H and O–H groups in total. The van der Waals surface area contributed by atoms with Gasteiger partial charge in [-0.1, -0.05) is 6.92 Å². The predicted molar refractivity (Wildman–Crippen MR) is 82.2 cm³/mol. The first-order valence-electron chi connectivity index (χ1n) is 7.67. The van der Waals surface area contributed by atoms with Gasteiger partial charge in [-0.3, -0.25) is 14.7 Å².